The maximum atomic E-state index is 13.2. The molecule has 0 fully saturated rings. The summed E-state index contributed by atoms with van der Waals surface area (Å²) in [6.07, 6.45) is 2.58. The van der Waals surface area contributed by atoms with Gasteiger partial charge in [-0.2, -0.15) is 0 Å². The molecule has 0 unspecified atom stereocenters. The van der Waals surface area contributed by atoms with Crippen LogP contribution in [0, 0.1) is 5.82 Å². The van der Waals surface area contributed by atoms with Crippen LogP contribution in [0.25, 0.3) is 21.3 Å². The highest BCUT2D eigenvalue weighted by Gasteiger charge is 2.13. The lowest BCUT2D eigenvalue weighted by molar-refractivity contribution is 0.628. The van der Waals surface area contributed by atoms with Gasteiger partial charge in [0.1, 0.15) is 22.8 Å². The molecule has 5 heteroatoms. The molecule has 0 saturated carbocycles. The largest absolute Gasteiger partial charge is 0.340 e. The van der Waals surface area contributed by atoms with E-state index in [1.54, 1.807) is 29.8 Å². The average molecular weight is 349 g/mol. The number of fused-ring (bicyclic) bond motifs is 1. The molecule has 0 radical (unpaired) electrons. The summed E-state index contributed by atoms with van der Waals surface area (Å²) in [4.78, 5) is 9.70. The third-order valence-corrected chi connectivity index (χ3v) is 5.04. The molecule has 0 aliphatic heterocycles. The van der Waals surface area contributed by atoms with E-state index < -0.39 is 0 Å². The highest BCUT2D eigenvalue weighted by atomic mass is 32.1. The van der Waals surface area contributed by atoms with E-state index in [1.807, 2.05) is 5.38 Å². The Morgan fingerprint density at radius 1 is 1.00 bits per heavy atom. The second-order valence-electron chi connectivity index (χ2n) is 5.73. The SMILES string of the molecule is CCc1ccc(Nc2ncnc3scc(-c4ccc(F)cc4)c23)cc1. The van der Waals surface area contributed by atoms with Gasteiger partial charge in [-0.3, -0.25) is 0 Å². The molecule has 0 atom stereocenters. The average Bonchev–Trinajstić information content (AvgIpc) is 3.08. The number of hydrogen-bond donors (Lipinski definition) is 1. The lowest BCUT2D eigenvalue weighted by atomic mass is 10.1. The molecule has 0 amide bonds. The number of thiophene rings is 1. The van der Waals surface area contributed by atoms with Crippen LogP contribution >= 0.6 is 11.3 Å². The van der Waals surface area contributed by atoms with Crippen LogP contribution in [0.15, 0.2) is 60.2 Å². The van der Waals surface area contributed by atoms with E-state index in [9.17, 15) is 4.39 Å². The van der Waals surface area contributed by atoms with Crippen molar-refractivity contribution < 1.29 is 4.39 Å². The molecule has 2 aromatic heterocycles. The second-order valence-corrected chi connectivity index (χ2v) is 6.59. The van der Waals surface area contributed by atoms with E-state index >= 15 is 0 Å². The van der Waals surface area contributed by atoms with Gasteiger partial charge in [-0.15, -0.1) is 11.3 Å². The topological polar surface area (TPSA) is 37.8 Å². The van der Waals surface area contributed by atoms with Crippen LogP contribution in [0.3, 0.4) is 0 Å². The fourth-order valence-corrected chi connectivity index (χ4v) is 3.69. The number of halogens is 1. The maximum Gasteiger partial charge on any atom is 0.143 e. The van der Waals surface area contributed by atoms with Gasteiger partial charge in [0.2, 0.25) is 0 Å². The van der Waals surface area contributed by atoms with Crippen LogP contribution in [-0.4, -0.2) is 9.97 Å². The summed E-state index contributed by atoms with van der Waals surface area (Å²) in [7, 11) is 0. The predicted octanol–water partition coefficient (Wildman–Crippen LogP) is 5.80. The molecule has 0 aliphatic rings. The Morgan fingerprint density at radius 3 is 2.48 bits per heavy atom. The monoisotopic (exact) mass is 349 g/mol. The van der Waals surface area contributed by atoms with E-state index in [1.165, 1.54) is 17.7 Å². The number of aryl methyl sites for hydroxylation is 1. The Morgan fingerprint density at radius 2 is 1.76 bits per heavy atom. The molecule has 2 heterocycles. The molecule has 124 valence electrons. The van der Waals surface area contributed by atoms with Gasteiger partial charge in [0, 0.05) is 16.6 Å². The van der Waals surface area contributed by atoms with Crippen LogP contribution < -0.4 is 5.32 Å². The second kappa shape index (κ2) is 6.61. The molecule has 1 N–H and O–H groups in total. The summed E-state index contributed by atoms with van der Waals surface area (Å²) in [5.74, 6) is 0.517. The van der Waals surface area contributed by atoms with Crippen molar-refractivity contribution in [3.8, 4) is 11.1 Å². The van der Waals surface area contributed by atoms with Gasteiger partial charge in [0.25, 0.3) is 0 Å². The van der Waals surface area contributed by atoms with Gasteiger partial charge < -0.3 is 5.32 Å². The quantitative estimate of drug-likeness (QED) is 0.506. The van der Waals surface area contributed by atoms with Gasteiger partial charge >= 0.3 is 0 Å². The van der Waals surface area contributed by atoms with Gasteiger partial charge in [-0.05, 0) is 41.8 Å². The molecular weight excluding hydrogens is 333 g/mol. The number of hydrogen-bond acceptors (Lipinski definition) is 4. The Hall–Kier alpha value is -2.79. The van der Waals surface area contributed by atoms with Crippen LogP contribution in [-0.2, 0) is 6.42 Å². The van der Waals surface area contributed by atoms with E-state index in [4.69, 9.17) is 0 Å². The van der Waals surface area contributed by atoms with Crippen LogP contribution in [0.2, 0.25) is 0 Å². The van der Waals surface area contributed by atoms with Gasteiger partial charge in [-0.25, -0.2) is 14.4 Å². The first kappa shape index (κ1) is 15.7. The lowest BCUT2D eigenvalue weighted by Gasteiger charge is -2.09. The normalized spacial score (nSPS) is 11.0. The first-order valence-corrected chi connectivity index (χ1v) is 8.96. The summed E-state index contributed by atoms with van der Waals surface area (Å²) in [5, 5.41) is 6.38. The zero-order valence-corrected chi connectivity index (χ0v) is 14.5. The van der Waals surface area contributed by atoms with Crippen molar-refractivity contribution in [1.82, 2.24) is 9.97 Å². The third kappa shape index (κ3) is 3.10. The van der Waals surface area contributed by atoms with Gasteiger partial charge in [0.05, 0.1) is 5.39 Å². The highest BCUT2D eigenvalue weighted by Crippen LogP contribution is 2.37. The summed E-state index contributed by atoms with van der Waals surface area (Å²) < 4.78 is 13.2. The summed E-state index contributed by atoms with van der Waals surface area (Å²) in [6.45, 7) is 2.14. The number of rotatable bonds is 4. The zero-order chi connectivity index (χ0) is 17.2. The first-order valence-electron chi connectivity index (χ1n) is 8.08. The van der Waals surface area contributed by atoms with Crippen molar-refractivity contribution in [3.63, 3.8) is 0 Å². The van der Waals surface area contributed by atoms with Crippen molar-refractivity contribution in [2.75, 3.05) is 5.32 Å². The van der Waals surface area contributed by atoms with Crippen molar-refractivity contribution >= 4 is 33.1 Å². The van der Waals surface area contributed by atoms with Crippen molar-refractivity contribution in [1.29, 1.82) is 0 Å². The molecular formula is C20H16FN3S. The summed E-state index contributed by atoms with van der Waals surface area (Å²) >= 11 is 1.56. The van der Waals surface area contributed by atoms with E-state index in [-0.39, 0.29) is 5.82 Å². The lowest BCUT2D eigenvalue weighted by Crippen LogP contribution is -1.95. The number of aromatic nitrogens is 2. The zero-order valence-electron chi connectivity index (χ0n) is 13.7. The standard InChI is InChI=1S/C20H16FN3S/c1-2-13-3-9-16(10-4-13)24-19-18-17(11-25-20(18)23-12-22-19)14-5-7-15(21)8-6-14/h3-12H,2H2,1H3,(H,22,23,24). The minimum Gasteiger partial charge on any atom is -0.340 e. The van der Waals surface area contributed by atoms with Crippen molar-refractivity contribution in [2.24, 2.45) is 0 Å². The fourth-order valence-electron chi connectivity index (χ4n) is 2.77. The smallest absolute Gasteiger partial charge is 0.143 e. The Labute approximate surface area is 149 Å². The predicted molar refractivity (Wildman–Crippen MR) is 102 cm³/mol. The van der Waals surface area contributed by atoms with Crippen LogP contribution in [0.1, 0.15) is 12.5 Å². The number of anilines is 2. The van der Waals surface area contributed by atoms with Gasteiger partial charge in [-0.1, -0.05) is 31.2 Å². The molecule has 3 nitrogen and oxygen atoms in total. The molecule has 0 saturated heterocycles. The summed E-state index contributed by atoms with van der Waals surface area (Å²) in [6, 6.07) is 14.8. The summed E-state index contributed by atoms with van der Waals surface area (Å²) in [5.41, 5.74) is 4.23. The third-order valence-electron chi connectivity index (χ3n) is 4.15. The molecule has 0 spiro atoms. The molecule has 2 aromatic carbocycles. The highest BCUT2D eigenvalue weighted by molar-refractivity contribution is 7.17. The Kier molecular flexibility index (Phi) is 4.15. The fraction of sp³-hybridized carbons (Fsp3) is 0.100. The van der Waals surface area contributed by atoms with Crippen molar-refractivity contribution in [2.45, 2.75) is 13.3 Å². The molecule has 4 rings (SSSR count). The minimum atomic E-state index is -0.242. The van der Waals surface area contributed by atoms with Gasteiger partial charge in [0.15, 0.2) is 0 Å². The maximum absolute atomic E-state index is 13.2. The van der Waals surface area contributed by atoms with Crippen molar-refractivity contribution in [3.05, 3.63) is 71.6 Å². The van der Waals surface area contributed by atoms with Crippen LogP contribution in [0.4, 0.5) is 15.9 Å². The molecule has 25 heavy (non-hydrogen) atoms. The number of benzene rings is 2. The molecule has 0 aliphatic carbocycles. The number of nitrogens with one attached hydrogen (secondary N) is 1. The van der Waals surface area contributed by atoms with Crippen LogP contribution in [0.5, 0.6) is 0 Å². The number of nitrogens with zero attached hydrogens (tertiary/aromatic N) is 2. The Balaban J connectivity index is 1.78. The van der Waals surface area contributed by atoms with E-state index in [0.717, 1.165) is 39.3 Å². The Bertz CT molecular complexity index is 1010. The molecule has 0 bridgehead atoms. The van der Waals surface area contributed by atoms with E-state index in [0.29, 0.717) is 0 Å². The minimum absolute atomic E-state index is 0.242. The molecule has 4 aromatic rings. The van der Waals surface area contributed by atoms with E-state index in [2.05, 4.69) is 46.5 Å². The first-order chi connectivity index (χ1) is 12.2.